The normalized spacial score (nSPS) is 12.2. The lowest BCUT2D eigenvalue weighted by molar-refractivity contribution is 0.148. The molecule has 0 aliphatic carbocycles. The molecule has 1 aromatic carbocycles. The highest BCUT2D eigenvalue weighted by atomic mass is 35.5. The van der Waals surface area contributed by atoms with Gasteiger partial charge in [-0.25, -0.2) is 4.98 Å². The van der Waals surface area contributed by atoms with Gasteiger partial charge in [0.1, 0.15) is 5.82 Å². The fourth-order valence-electron chi connectivity index (χ4n) is 2.43. The Morgan fingerprint density at radius 1 is 1.35 bits per heavy atom. The fraction of sp³-hybridized carbons (Fsp3) is 0.533. The van der Waals surface area contributed by atoms with Gasteiger partial charge in [0.2, 0.25) is 0 Å². The average molecular weight is 296 g/mol. The summed E-state index contributed by atoms with van der Waals surface area (Å²) in [6.07, 6.45) is 1.77. The zero-order chi connectivity index (χ0) is 14.8. The molecule has 110 valence electrons. The van der Waals surface area contributed by atoms with Crippen LogP contribution in [0.1, 0.15) is 32.5 Å². The molecule has 0 aliphatic heterocycles. The first-order valence-electron chi connectivity index (χ1n) is 7.02. The standard InChI is InChI=1S/C15H22ClN3O/c1-4-15(5-2,10-20)17-9-14-18-12-8-11(16)6-7-13(12)19(14)3/h6-8,17,20H,4-5,9-10H2,1-3H3. The van der Waals surface area contributed by atoms with Crippen LogP contribution in [0.25, 0.3) is 11.0 Å². The first kappa shape index (κ1) is 15.3. The molecule has 4 nitrogen and oxygen atoms in total. The van der Waals surface area contributed by atoms with Gasteiger partial charge in [0, 0.05) is 17.6 Å². The van der Waals surface area contributed by atoms with E-state index in [0.29, 0.717) is 11.6 Å². The third kappa shape index (κ3) is 2.82. The number of imidazole rings is 1. The first-order chi connectivity index (χ1) is 9.55. The van der Waals surface area contributed by atoms with E-state index in [0.717, 1.165) is 29.7 Å². The van der Waals surface area contributed by atoms with Crippen molar-refractivity contribution < 1.29 is 5.11 Å². The number of rotatable bonds is 6. The molecule has 0 saturated carbocycles. The number of hydrogen-bond donors (Lipinski definition) is 2. The Morgan fingerprint density at radius 3 is 2.65 bits per heavy atom. The second-order valence-corrected chi connectivity index (χ2v) is 5.66. The number of nitrogens with one attached hydrogen (secondary N) is 1. The second-order valence-electron chi connectivity index (χ2n) is 5.22. The van der Waals surface area contributed by atoms with E-state index < -0.39 is 0 Å². The Balaban J connectivity index is 2.24. The molecule has 5 heteroatoms. The van der Waals surface area contributed by atoms with Crippen molar-refractivity contribution in [2.75, 3.05) is 6.61 Å². The molecular weight excluding hydrogens is 274 g/mol. The molecule has 1 heterocycles. The van der Waals surface area contributed by atoms with Gasteiger partial charge in [-0.3, -0.25) is 0 Å². The lowest BCUT2D eigenvalue weighted by atomic mass is 9.94. The summed E-state index contributed by atoms with van der Waals surface area (Å²) in [4.78, 5) is 4.61. The lowest BCUT2D eigenvalue weighted by Gasteiger charge is -2.30. The van der Waals surface area contributed by atoms with Crippen LogP contribution in [0, 0.1) is 0 Å². The van der Waals surface area contributed by atoms with Crippen molar-refractivity contribution in [3.63, 3.8) is 0 Å². The number of fused-ring (bicyclic) bond motifs is 1. The first-order valence-corrected chi connectivity index (χ1v) is 7.39. The summed E-state index contributed by atoms with van der Waals surface area (Å²) in [5.41, 5.74) is 1.74. The second kappa shape index (κ2) is 6.12. The molecule has 0 aliphatic rings. The highest BCUT2D eigenvalue weighted by Crippen LogP contribution is 2.20. The van der Waals surface area contributed by atoms with E-state index in [2.05, 4.69) is 28.7 Å². The Labute approximate surface area is 124 Å². The molecule has 0 fully saturated rings. The molecule has 0 amide bonds. The van der Waals surface area contributed by atoms with Crippen LogP contribution in [-0.4, -0.2) is 26.8 Å². The average Bonchev–Trinajstić information content (AvgIpc) is 2.77. The van der Waals surface area contributed by atoms with Crippen LogP contribution in [-0.2, 0) is 13.6 Å². The van der Waals surface area contributed by atoms with Crippen molar-refractivity contribution in [3.8, 4) is 0 Å². The van der Waals surface area contributed by atoms with E-state index >= 15 is 0 Å². The van der Waals surface area contributed by atoms with Gasteiger partial charge >= 0.3 is 0 Å². The third-order valence-electron chi connectivity index (χ3n) is 4.21. The molecule has 0 spiro atoms. The van der Waals surface area contributed by atoms with Crippen molar-refractivity contribution >= 4 is 22.6 Å². The maximum absolute atomic E-state index is 9.59. The summed E-state index contributed by atoms with van der Waals surface area (Å²) < 4.78 is 2.06. The van der Waals surface area contributed by atoms with Crippen LogP contribution in [0.5, 0.6) is 0 Å². The van der Waals surface area contributed by atoms with Gasteiger partial charge in [0.15, 0.2) is 0 Å². The van der Waals surface area contributed by atoms with Crippen LogP contribution < -0.4 is 5.32 Å². The molecule has 0 atom stereocenters. The van der Waals surface area contributed by atoms with E-state index in [1.807, 2.05) is 25.2 Å². The van der Waals surface area contributed by atoms with E-state index in [1.54, 1.807) is 0 Å². The van der Waals surface area contributed by atoms with Crippen LogP contribution >= 0.6 is 11.6 Å². The van der Waals surface area contributed by atoms with Crippen LogP contribution in [0.3, 0.4) is 0 Å². The predicted octanol–water partition coefficient (Wildman–Crippen LogP) is 2.87. The number of aliphatic hydroxyl groups excluding tert-OH is 1. The quantitative estimate of drug-likeness (QED) is 0.861. The van der Waals surface area contributed by atoms with Gasteiger partial charge in [-0.15, -0.1) is 0 Å². The molecule has 2 aromatic rings. The van der Waals surface area contributed by atoms with E-state index in [9.17, 15) is 5.11 Å². The highest BCUT2D eigenvalue weighted by Gasteiger charge is 2.24. The Hall–Kier alpha value is -1.10. The van der Waals surface area contributed by atoms with Gasteiger partial charge < -0.3 is 15.0 Å². The number of aliphatic hydroxyl groups is 1. The molecule has 0 bridgehead atoms. The Bertz CT molecular complexity index is 582. The molecule has 1 aromatic heterocycles. The van der Waals surface area contributed by atoms with Crippen LogP contribution in [0.2, 0.25) is 5.02 Å². The summed E-state index contributed by atoms with van der Waals surface area (Å²) in [5, 5.41) is 13.7. The minimum atomic E-state index is -0.226. The molecular formula is C15H22ClN3O. The summed E-state index contributed by atoms with van der Waals surface area (Å²) in [6, 6.07) is 5.73. The Kier molecular flexibility index (Phi) is 4.68. The van der Waals surface area contributed by atoms with Gasteiger partial charge in [-0.2, -0.15) is 0 Å². The zero-order valence-electron chi connectivity index (χ0n) is 12.3. The van der Waals surface area contributed by atoms with Crippen LogP contribution in [0.4, 0.5) is 0 Å². The van der Waals surface area contributed by atoms with Crippen molar-refractivity contribution in [1.29, 1.82) is 0 Å². The summed E-state index contributed by atoms with van der Waals surface area (Å²) in [5.74, 6) is 0.946. The fourth-order valence-corrected chi connectivity index (χ4v) is 2.59. The minimum absolute atomic E-state index is 0.135. The van der Waals surface area contributed by atoms with Gasteiger partial charge in [0.25, 0.3) is 0 Å². The maximum Gasteiger partial charge on any atom is 0.123 e. The summed E-state index contributed by atoms with van der Waals surface area (Å²) in [7, 11) is 2.00. The van der Waals surface area contributed by atoms with Crippen molar-refractivity contribution in [3.05, 3.63) is 29.0 Å². The monoisotopic (exact) mass is 295 g/mol. The zero-order valence-corrected chi connectivity index (χ0v) is 13.0. The summed E-state index contributed by atoms with van der Waals surface area (Å²) in [6.45, 7) is 4.93. The van der Waals surface area contributed by atoms with Crippen molar-refractivity contribution in [1.82, 2.24) is 14.9 Å². The van der Waals surface area contributed by atoms with Crippen LogP contribution in [0.15, 0.2) is 18.2 Å². The largest absolute Gasteiger partial charge is 0.394 e. The highest BCUT2D eigenvalue weighted by molar-refractivity contribution is 6.31. The maximum atomic E-state index is 9.59. The summed E-state index contributed by atoms with van der Waals surface area (Å²) >= 11 is 6.00. The Morgan fingerprint density at radius 2 is 2.05 bits per heavy atom. The number of aryl methyl sites for hydroxylation is 1. The van der Waals surface area contributed by atoms with E-state index in [-0.39, 0.29) is 12.1 Å². The lowest BCUT2D eigenvalue weighted by Crippen LogP contribution is -2.47. The predicted molar refractivity (Wildman–Crippen MR) is 83.0 cm³/mol. The number of nitrogens with zero attached hydrogens (tertiary/aromatic N) is 2. The molecule has 0 saturated heterocycles. The van der Waals surface area contributed by atoms with Crippen molar-refractivity contribution in [2.24, 2.45) is 7.05 Å². The molecule has 2 rings (SSSR count). The smallest absolute Gasteiger partial charge is 0.123 e. The van der Waals surface area contributed by atoms with E-state index in [4.69, 9.17) is 11.6 Å². The molecule has 20 heavy (non-hydrogen) atoms. The molecule has 2 N–H and O–H groups in total. The molecule has 0 radical (unpaired) electrons. The third-order valence-corrected chi connectivity index (χ3v) is 4.45. The number of hydrogen-bond acceptors (Lipinski definition) is 3. The van der Waals surface area contributed by atoms with Gasteiger partial charge in [-0.1, -0.05) is 25.4 Å². The van der Waals surface area contributed by atoms with Crippen molar-refractivity contribution in [2.45, 2.75) is 38.8 Å². The number of aromatic nitrogens is 2. The minimum Gasteiger partial charge on any atom is -0.394 e. The SMILES string of the molecule is CCC(CC)(CO)NCc1nc2cc(Cl)ccc2n1C. The number of benzene rings is 1. The topological polar surface area (TPSA) is 50.1 Å². The molecule has 0 unspecified atom stereocenters. The van der Waals surface area contributed by atoms with Gasteiger partial charge in [-0.05, 0) is 31.0 Å². The van der Waals surface area contributed by atoms with Gasteiger partial charge in [0.05, 0.1) is 24.2 Å². The number of halogens is 1. The van der Waals surface area contributed by atoms with E-state index in [1.165, 1.54) is 0 Å².